The van der Waals surface area contributed by atoms with E-state index in [9.17, 15) is 9.59 Å². The molecule has 0 atom stereocenters. The van der Waals surface area contributed by atoms with Gasteiger partial charge in [-0.2, -0.15) is 0 Å². The topological polar surface area (TPSA) is 49.9 Å². The maximum Gasteiger partial charge on any atom is 0.410 e. The van der Waals surface area contributed by atoms with Crippen LogP contribution in [-0.4, -0.2) is 60.0 Å². The highest BCUT2D eigenvalue weighted by atomic mass is 16.6. The molecule has 1 fully saturated rings. The van der Waals surface area contributed by atoms with Gasteiger partial charge in [-0.15, -0.1) is 0 Å². The fraction of sp³-hybridized carbons (Fsp3) is 0.875. The highest BCUT2D eigenvalue weighted by Crippen LogP contribution is 2.11. The molecule has 0 saturated carbocycles. The van der Waals surface area contributed by atoms with Crippen LogP contribution >= 0.6 is 0 Å². The Morgan fingerprint density at radius 3 is 2.38 bits per heavy atom. The molecule has 1 amide bonds. The van der Waals surface area contributed by atoms with Crippen molar-refractivity contribution in [2.24, 2.45) is 0 Å². The molecule has 1 rings (SSSR count). The van der Waals surface area contributed by atoms with E-state index in [0.29, 0.717) is 25.2 Å². The molecule has 1 heterocycles. The lowest BCUT2D eigenvalue weighted by molar-refractivity contribution is -0.121. The number of carbonyl (C=O) groups excluding carboxylic acids is 2. The number of carbonyl (C=O) groups is 2. The third kappa shape index (κ3) is 7.46. The van der Waals surface area contributed by atoms with Crippen molar-refractivity contribution < 1.29 is 14.3 Å². The number of nitrogens with zero attached hydrogens (tertiary/aromatic N) is 2. The van der Waals surface area contributed by atoms with Gasteiger partial charge in [0.15, 0.2) is 0 Å². The summed E-state index contributed by atoms with van der Waals surface area (Å²) in [4.78, 5) is 27.4. The fourth-order valence-electron chi connectivity index (χ4n) is 2.40. The second-order valence-corrected chi connectivity index (χ2v) is 6.70. The minimum atomic E-state index is -0.448. The third-order valence-electron chi connectivity index (χ3n) is 3.46. The molecule has 0 spiro atoms. The van der Waals surface area contributed by atoms with Crippen LogP contribution in [0.2, 0.25) is 0 Å². The molecule has 0 aromatic rings. The Labute approximate surface area is 128 Å². The summed E-state index contributed by atoms with van der Waals surface area (Å²) < 4.78 is 5.44. The van der Waals surface area contributed by atoms with Crippen molar-refractivity contribution in [2.45, 2.75) is 59.0 Å². The van der Waals surface area contributed by atoms with Crippen LogP contribution in [-0.2, 0) is 9.53 Å². The van der Waals surface area contributed by atoms with Gasteiger partial charge < -0.3 is 14.5 Å². The Bertz CT molecular complexity index is 340. The highest BCUT2D eigenvalue weighted by Gasteiger charge is 2.22. The SMILES string of the molecule is CCCN(CCCN1CCC(=O)CC1)C(=O)OC(C)(C)C. The van der Waals surface area contributed by atoms with E-state index in [-0.39, 0.29) is 6.09 Å². The molecule has 21 heavy (non-hydrogen) atoms. The van der Waals surface area contributed by atoms with Crippen LogP contribution in [0.3, 0.4) is 0 Å². The smallest absolute Gasteiger partial charge is 0.410 e. The number of piperidine rings is 1. The quantitative estimate of drug-likeness (QED) is 0.756. The van der Waals surface area contributed by atoms with Gasteiger partial charge in [0.25, 0.3) is 0 Å². The second kappa shape index (κ2) is 8.37. The number of hydrogen-bond donors (Lipinski definition) is 0. The number of likely N-dealkylation sites (tertiary alicyclic amines) is 1. The summed E-state index contributed by atoms with van der Waals surface area (Å²) in [6.45, 7) is 11.8. The largest absolute Gasteiger partial charge is 0.444 e. The zero-order valence-electron chi connectivity index (χ0n) is 14.0. The van der Waals surface area contributed by atoms with Crippen LogP contribution in [0.4, 0.5) is 4.79 Å². The monoisotopic (exact) mass is 298 g/mol. The van der Waals surface area contributed by atoms with Crippen LogP contribution in [0.25, 0.3) is 0 Å². The van der Waals surface area contributed by atoms with Gasteiger partial charge in [0, 0.05) is 39.0 Å². The van der Waals surface area contributed by atoms with Gasteiger partial charge in [-0.3, -0.25) is 4.79 Å². The zero-order valence-corrected chi connectivity index (χ0v) is 14.0. The van der Waals surface area contributed by atoms with Gasteiger partial charge in [-0.25, -0.2) is 4.79 Å². The van der Waals surface area contributed by atoms with E-state index in [1.807, 2.05) is 20.8 Å². The van der Waals surface area contributed by atoms with Crippen LogP contribution in [0.1, 0.15) is 53.4 Å². The average Bonchev–Trinajstić information content (AvgIpc) is 2.38. The van der Waals surface area contributed by atoms with Crippen molar-refractivity contribution in [1.29, 1.82) is 0 Å². The van der Waals surface area contributed by atoms with Crippen molar-refractivity contribution in [2.75, 3.05) is 32.7 Å². The van der Waals surface area contributed by atoms with Crippen molar-refractivity contribution in [3.8, 4) is 0 Å². The lowest BCUT2D eigenvalue weighted by Crippen LogP contribution is -2.40. The van der Waals surface area contributed by atoms with E-state index < -0.39 is 5.60 Å². The van der Waals surface area contributed by atoms with Gasteiger partial charge in [-0.1, -0.05) is 6.92 Å². The molecule has 0 unspecified atom stereocenters. The predicted molar refractivity (Wildman–Crippen MR) is 83.4 cm³/mol. The van der Waals surface area contributed by atoms with Gasteiger partial charge in [0.05, 0.1) is 0 Å². The van der Waals surface area contributed by atoms with Crippen LogP contribution in [0, 0.1) is 0 Å². The molecule has 5 heteroatoms. The Morgan fingerprint density at radius 2 is 1.86 bits per heavy atom. The van der Waals surface area contributed by atoms with Crippen molar-refractivity contribution >= 4 is 11.9 Å². The molecule has 1 aliphatic rings. The Kier molecular flexibility index (Phi) is 7.15. The molecular weight excluding hydrogens is 268 g/mol. The normalized spacial score (nSPS) is 16.9. The first kappa shape index (κ1) is 18.0. The molecular formula is C16H30N2O3. The van der Waals surface area contributed by atoms with Gasteiger partial charge in [0.1, 0.15) is 11.4 Å². The minimum Gasteiger partial charge on any atom is -0.444 e. The summed E-state index contributed by atoms with van der Waals surface area (Å²) in [6.07, 6.45) is 2.97. The number of ketones is 1. The predicted octanol–water partition coefficient (Wildman–Crippen LogP) is 2.69. The highest BCUT2D eigenvalue weighted by molar-refractivity contribution is 5.79. The van der Waals surface area contributed by atoms with E-state index in [1.165, 1.54) is 0 Å². The van der Waals surface area contributed by atoms with E-state index in [4.69, 9.17) is 4.74 Å². The van der Waals surface area contributed by atoms with Gasteiger partial charge >= 0.3 is 6.09 Å². The number of Topliss-reactive ketones (excluding diaryl/α,β-unsaturated/α-hetero) is 1. The lowest BCUT2D eigenvalue weighted by atomic mass is 10.1. The lowest BCUT2D eigenvalue weighted by Gasteiger charge is -2.29. The Hall–Kier alpha value is -1.10. The van der Waals surface area contributed by atoms with E-state index in [1.54, 1.807) is 4.90 Å². The Balaban J connectivity index is 2.33. The molecule has 1 aliphatic heterocycles. The summed E-state index contributed by atoms with van der Waals surface area (Å²) in [6, 6.07) is 0. The van der Waals surface area contributed by atoms with Crippen molar-refractivity contribution in [1.82, 2.24) is 9.80 Å². The molecule has 1 saturated heterocycles. The summed E-state index contributed by atoms with van der Waals surface area (Å²) in [5, 5.41) is 0. The first-order chi connectivity index (χ1) is 9.81. The standard InChI is InChI=1S/C16H30N2O3/c1-5-9-18(15(20)21-16(2,3)4)11-6-10-17-12-7-14(19)8-13-17/h5-13H2,1-4H3. The van der Waals surface area contributed by atoms with Crippen LogP contribution < -0.4 is 0 Å². The fourth-order valence-corrected chi connectivity index (χ4v) is 2.40. The molecule has 0 radical (unpaired) electrons. The summed E-state index contributed by atoms with van der Waals surface area (Å²) >= 11 is 0. The molecule has 0 aromatic heterocycles. The number of hydrogen-bond acceptors (Lipinski definition) is 4. The van der Waals surface area contributed by atoms with Gasteiger partial charge in [-0.05, 0) is 40.2 Å². The Morgan fingerprint density at radius 1 is 1.24 bits per heavy atom. The van der Waals surface area contributed by atoms with Gasteiger partial charge in [0.2, 0.25) is 0 Å². The van der Waals surface area contributed by atoms with E-state index in [0.717, 1.165) is 39.0 Å². The molecule has 0 bridgehead atoms. The third-order valence-corrected chi connectivity index (χ3v) is 3.46. The molecule has 0 aromatic carbocycles. The molecule has 0 N–H and O–H groups in total. The van der Waals surface area contributed by atoms with Crippen LogP contribution in [0.15, 0.2) is 0 Å². The maximum absolute atomic E-state index is 12.1. The van der Waals surface area contributed by atoms with E-state index >= 15 is 0 Å². The molecule has 122 valence electrons. The molecule has 0 aliphatic carbocycles. The molecule has 5 nitrogen and oxygen atoms in total. The zero-order chi connectivity index (χ0) is 15.9. The van der Waals surface area contributed by atoms with E-state index in [2.05, 4.69) is 11.8 Å². The summed E-state index contributed by atoms with van der Waals surface area (Å²) in [5.41, 5.74) is -0.448. The van der Waals surface area contributed by atoms with Crippen molar-refractivity contribution in [3.63, 3.8) is 0 Å². The van der Waals surface area contributed by atoms with Crippen LogP contribution in [0.5, 0.6) is 0 Å². The first-order valence-corrected chi connectivity index (χ1v) is 8.04. The summed E-state index contributed by atoms with van der Waals surface area (Å²) in [7, 11) is 0. The number of ether oxygens (including phenoxy) is 1. The average molecular weight is 298 g/mol. The maximum atomic E-state index is 12.1. The minimum absolute atomic E-state index is 0.224. The number of rotatable bonds is 6. The number of amides is 1. The first-order valence-electron chi connectivity index (χ1n) is 8.04. The second-order valence-electron chi connectivity index (χ2n) is 6.70. The van der Waals surface area contributed by atoms with Crippen molar-refractivity contribution in [3.05, 3.63) is 0 Å². The summed E-state index contributed by atoms with van der Waals surface area (Å²) in [5.74, 6) is 0.368.